The Morgan fingerprint density at radius 2 is 1.93 bits per heavy atom. The van der Waals surface area contributed by atoms with E-state index in [1.165, 1.54) is 6.20 Å². The Balaban J connectivity index is 1.67. The summed E-state index contributed by atoms with van der Waals surface area (Å²) in [6.07, 6.45) is 2.13. The van der Waals surface area contributed by atoms with Gasteiger partial charge in [0, 0.05) is 16.6 Å². The lowest BCUT2D eigenvalue weighted by atomic mass is 10.0. The summed E-state index contributed by atoms with van der Waals surface area (Å²) in [5.41, 5.74) is 4.57. The molecule has 27 heavy (non-hydrogen) atoms. The van der Waals surface area contributed by atoms with Crippen molar-refractivity contribution in [3.8, 4) is 0 Å². The van der Waals surface area contributed by atoms with E-state index in [1.54, 1.807) is 6.07 Å². The van der Waals surface area contributed by atoms with Crippen molar-refractivity contribution in [3.63, 3.8) is 0 Å². The van der Waals surface area contributed by atoms with Gasteiger partial charge in [0.15, 0.2) is 0 Å². The smallest absolute Gasteiger partial charge is 0.275 e. The van der Waals surface area contributed by atoms with Crippen molar-refractivity contribution >= 4 is 33.5 Å². The van der Waals surface area contributed by atoms with Crippen LogP contribution in [0.3, 0.4) is 0 Å². The minimum Gasteiger partial charge on any atom is -0.322 e. The van der Waals surface area contributed by atoms with Crippen LogP contribution in [0.1, 0.15) is 28.5 Å². The highest BCUT2D eigenvalue weighted by atomic mass is 16.2. The summed E-state index contributed by atoms with van der Waals surface area (Å²) in [5.74, 6) is -0.350. The highest BCUT2D eigenvalue weighted by Gasteiger charge is 2.12. The lowest BCUT2D eigenvalue weighted by molar-refractivity contribution is 0.102. The molecule has 2 N–H and O–H groups in total. The molecule has 4 aromatic rings. The van der Waals surface area contributed by atoms with Gasteiger partial charge in [-0.2, -0.15) is 0 Å². The largest absolute Gasteiger partial charge is 0.322 e. The third-order valence-electron chi connectivity index (χ3n) is 4.69. The topological polar surface area (TPSA) is 87.7 Å². The molecule has 2 heterocycles. The quantitative estimate of drug-likeness (QED) is 0.586. The Labute approximate surface area is 155 Å². The molecule has 0 aliphatic carbocycles. The zero-order valence-corrected chi connectivity index (χ0v) is 15.0. The zero-order valence-electron chi connectivity index (χ0n) is 15.0. The number of hydrogen-bond donors (Lipinski definition) is 2. The van der Waals surface area contributed by atoms with E-state index in [-0.39, 0.29) is 17.2 Å². The number of nitrogens with one attached hydrogen (secondary N) is 2. The average Bonchev–Trinajstić information content (AvgIpc) is 2.67. The maximum Gasteiger partial charge on any atom is 0.275 e. The molecule has 0 saturated heterocycles. The molecule has 0 unspecified atom stereocenters. The molecule has 0 atom stereocenters. The number of para-hydroxylation sites is 2. The second kappa shape index (κ2) is 6.64. The van der Waals surface area contributed by atoms with Crippen molar-refractivity contribution in [2.75, 3.05) is 5.32 Å². The Kier molecular flexibility index (Phi) is 4.16. The van der Waals surface area contributed by atoms with Crippen molar-refractivity contribution in [2.24, 2.45) is 0 Å². The molecule has 6 heteroatoms. The minimum atomic E-state index is -0.350. The van der Waals surface area contributed by atoms with Gasteiger partial charge in [-0.25, -0.2) is 4.98 Å². The Morgan fingerprint density at radius 1 is 1.15 bits per heavy atom. The lowest BCUT2D eigenvalue weighted by Crippen LogP contribution is -2.16. The molecular weight excluding hydrogens is 340 g/mol. The van der Waals surface area contributed by atoms with E-state index in [1.807, 2.05) is 50.2 Å². The normalized spacial score (nSPS) is 11.0. The molecule has 134 valence electrons. The fourth-order valence-corrected chi connectivity index (χ4v) is 3.27. The van der Waals surface area contributed by atoms with Gasteiger partial charge in [-0.3, -0.25) is 14.6 Å². The summed E-state index contributed by atoms with van der Waals surface area (Å²) < 4.78 is 0. The van der Waals surface area contributed by atoms with Crippen LogP contribution in [0.2, 0.25) is 0 Å². The number of amides is 1. The van der Waals surface area contributed by atoms with Gasteiger partial charge in [0.25, 0.3) is 11.5 Å². The number of aryl methyl sites for hydroxylation is 1. The van der Waals surface area contributed by atoms with E-state index >= 15 is 0 Å². The summed E-state index contributed by atoms with van der Waals surface area (Å²) in [4.78, 5) is 36.3. The number of fused-ring (bicyclic) bond motifs is 2. The molecule has 0 aliphatic rings. The van der Waals surface area contributed by atoms with Gasteiger partial charge in [0.1, 0.15) is 5.69 Å². The van der Waals surface area contributed by atoms with Gasteiger partial charge in [-0.1, -0.05) is 25.1 Å². The van der Waals surface area contributed by atoms with E-state index in [9.17, 15) is 9.59 Å². The van der Waals surface area contributed by atoms with Crippen molar-refractivity contribution in [3.05, 3.63) is 75.8 Å². The van der Waals surface area contributed by atoms with E-state index < -0.39 is 0 Å². The maximum atomic E-state index is 12.5. The number of carbonyl (C=O) groups excluding carboxylic acids is 1. The van der Waals surface area contributed by atoms with Crippen LogP contribution >= 0.6 is 0 Å². The van der Waals surface area contributed by atoms with Crippen LogP contribution < -0.4 is 10.9 Å². The first kappa shape index (κ1) is 16.9. The Hall–Kier alpha value is -3.54. The van der Waals surface area contributed by atoms with Crippen molar-refractivity contribution in [1.29, 1.82) is 0 Å². The van der Waals surface area contributed by atoms with Crippen LogP contribution in [0.5, 0.6) is 0 Å². The molecular formula is C21H18N4O2. The first-order valence-electron chi connectivity index (χ1n) is 8.75. The van der Waals surface area contributed by atoms with Crippen LogP contribution in [0.15, 0.2) is 53.5 Å². The standard InChI is InChI=1S/C21H18N4O2/c1-3-14-12(2)15-9-8-13(10-18(15)25-20(14)26)23-21(27)19-11-22-16-6-4-5-7-17(16)24-19/h4-11H,3H2,1-2H3,(H,23,27)(H,25,26). The molecule has 0 radical (unpaired) electrons. The number of hydrogen-bond acceptors (Lipinski definition) is 4. The van der Waals surface area contributed by atoms with Crippen LogP contribution in [0.25, 0.3) is 21.9 Å². The van der Waals surface area contributed by atoms with Gasteiger partial charge in [-0.15, -0.1) is 0 Å². The predicted octanol–water partition coefficient (Wildman–Crippen LogP) is 3.59. The van der Waals surface area contributed by atoms with Gasteiger partial charge in [-0.05, 0) is 43.2 Å². The number of anilines is 1. The van der Waals surface area contributed by atoms with Crippen LogP contribution in [-0.2, 0) is 6.42 Å². The van der Waals surface area contributed by atoms with Gasteiger partial charge >= 0.3 is 0 Å². The SMILES string of the molecule is CCc1c(C)c2ccc(NC(=O)c3cnc4ccccc4n3)cc2[nH]c1=O. The summed E-state index contributed by atoms with van der Waals surface area (Å²) in [6.45, 7) is 3.90. The van der Waals surface area contributed by atoms with E-state index in [0.717, 1.165) is 22.0 Å². The maximum absolute atomic E-state index is 12.5. The first-order valence-corrected chi connectivity index (χ1v) is 8.75. The number of nitrogens with zero attached hydrogens (tertiary/aromatic N) is 2. The zero-order chi connectivity index (χ0) is 19.0. The van der Waals surface area contributed by atoms with Crippen molar-refractivity contribution < 1.29 is 4.79 Å². The van der Waals surface area contributed by atoms with Crippen LogP contribution in [0.4, 0.5) is 5.69 Å². The number of carbonyl (C=O) groups is 1. The summed E-state index contributed by atoms with van der Waals surface area (Å²) in [7, 11) is 0. The Bertz CT molecular complexity index is 1240. The number of pyridine rings is 1. The fourth-order valence-electron chi connectivity index (χ4n) is 3.27. The van der Waals surface area contributed by atoms with Crippen molar-refractivity contribution in [1.82, 2.24) is 15.0 Å². The molecule has 0 saturated carbocycles. The molecule has 0 aliphatic heterocycles. The highest BCUT2D eigenvalue weighted by Crippen LogP contribution is 2.22. The summed E-state index contributed by atoms with van der Waals surface area (Å²) >= 11 is 0. The molecule has 2 aromatic carbocycles. The molecule has 4 rings (SSSR count). The van der Waals surface area contributed by atoms with Gasteiger partial charge in [0.05, 0.1) is 22.7 Å². The lowest BCUT2D eigenvalue weighted by Gasteiger charge is -2.10. The van der Waals surface area contributed by atoms with Gasteiger partial charge < -0.3 is 10.3 Å². The number of aromatic amines is 1. The number of rotatable bonds is 3. The van der Waals surface area contributed by atoms with Crippen molar-refractivity contribution in [2.45, 2.75) is 20.3 Å². The Morgan fingerprint density at radius 3 is 2.70 bits per heavy atom. The van der Waals surface area contributed by atoms with Crippen LogP contribution in [0, 0.1) is 6.92 Å². The number of H-pyrrole nitrogens is 1. The minimum absolute atomic E-state index is 0.0913. The first-order chi connectivity index (χ1) is 13.1. The fraction of sp³-hybridized carbons (Fsp3) is 0.143. The number of aromatic nitrogens is 3. The molecule has 2 aromatic heterocycles. The average molecular weight is 358 g/mol. The summed E-state index contributed by atoms with van der Waals surface area (Å²) in [5, 5.41) is 3.79. The van der Waals surface area contributed by atoms with E-state index in [0.29, 0.717) is 23.1 Å². The van der Waals surface area contributed by atoms with Gasteiger partial charge in [0.2, 0.25) is 0 Å². The molecule has 0 fully saturated rings. The van der Waals surface area contributed by atoms with E-state index in [2.05, 4.69) is 20.3 Å². The highest BCUT2D eigenvalue weighted by molar-refractivity contribution is 6.04. The third kappa shape index (κ3) is 3.06. The monoisotopic (exact) mass is 358 g/mol. The summed E-state index contributed by atoms with van der Waals surface area (Å²) in [6, 6.07) is 12.9. The van der Waals surface area contributed by atoms with Crippen LogP contribution in [-0.4, -0.2) is 20.9 Å². The molecule has 0 bridgehead atoms. The second-order valence-corrected chi connectivity index (χ2v) is 6.37. The molecule has 1 amide bonds. The predicted molar refractivity (Wildman–Crippen MR) is 106 cm³/mol. The molecule has 0 spiro atoms. The number of benzene rings is 2. The third-order valence-corrected chi connectivity index (χ3v) is 4.69. The molecule has 6 nitrogen and oxygen atoms in total. The van der Waals surface area contributed by atoms with E-state index in [4.69, 9.17) is 0 Å². The second-order valence-electron chi connectivity index (χ2n) is 6.37.